The molecule has 3 aromatic rings. The Hall–Kier alpha value is -3.97. The SMILES string of the molecule is Cc1cc(Br)cc(C)c1Nc1nc(Nc2ccc(C#N)cc2)nc(/C=C/N(C)C)c1[N+](=O)[O-]. The minimum atomic E-state index is -0.493. The van der Waals surface area contributed by atoms with E-state index in [1.165, 1.54) is 0 Å². The van der Waals surface area contributed by atoms with Crippen molar-refractivity contribution in [1.29, 1.82) is 5.26 Å². The van der Waals surface area contributed by atoms with Crippen molar-refractivity contribution in [2.24, 2.45) is 0 Å². The van der Waals surface area contributed by atoms with E-state index in [0.29, 0.717) is 11.3 Å². The Labute approximate surface area is 200 Å². The lowest BCUT2D eigenvalue weighted by Gasteiger charge is -2.15. The molecule has 0 spiro atoms. The van der Waals surface area contributed by atoms with Crippen LogP contribution < -0.4 is 10.6 Å². The average Bonchev–Trinajstić information content (AvgIpc) is 2.74. The van der Waals surface area contributed by atoms with Crippen molar-refractivity contribution in [1.82, 2.24) is 14.9 Å². The molecular weight excluding hydrogens is 486 g/mol. The molecule has 0 aliphatic rings. The summed E-state index contributed by atoms with van der Waals surface area (Å²) in [5.41, 5.74) is 3.61. The molecule has 10 heteroatoms. The van der Waals surface area contributed by atoms with Gasteiger partial charge in [-0.2, -0.15) is 10.2 Å². The lowest BCUT2D eigenvalue weighted by Crippen LogP contribution is -2.09. The first-order chi connectivity index (χ1) is 15.7. The molecule has 0 atom stereocenters. The van der Waals surface area contributed by atoms with Gasteiger partial charge in [0.1, 0.15) is 0 Å². The van der Waals surface area contributed by atoms with Crippen molar-refractivity contribution < 1.29 is 4.92 Å². The van der Waals surface area contributed by atoms with Crippen molar-refractivity contribution in [2.75, 3.05) is 24.7 Å². The van der Waals surface area contributed by atoms with Crippen molar-refractivity contribution in [2.45, 2.75) is 13.8 Å². The number of hydrogen-bond donors (Lipinski definition) is 2. The second-order valence-electron chi connectivity index (χ2n) is 7.52. The van der Waals surface area contributed by atoms with Crippen LogP contribution in [0.15, 0.2) is 47.1 Å². The molecule has 168 valence electrons. The van der Waals surface area contributed by atoms with Crippen LogP contribution in [0.25, 0.3) is 6.08 Å². The van der Waals surface area contributed by atoms with Crippen LogP contribution in [-0.4, -0.2) is 33.9 Å². The summed E-state index contributed by atoms with van der Waals surface area (Å²) in [5, 5.41) is 27.2. The molecule has 2 N–H and O–H groups in total. The Morgan fingerprint density at radius 2 is 1.76 bits per heavy atom. The topological polar surface area (TPSA) is 120 Å². The van der Waals surface area contributed by atoms with Gasteiger partial charge in [-0.25, -0.2) is 4.98 Å². The summed E-state index contributed by atoms with van der Waals surface area (Å²) < 4.78 is 0.915. The largest absolute Gasteiger partial charge is 0.383 e. The predicted octanol–water partition coefficient (Wildman–Crippen LogP) is 5.66. The number of nitrogens with zero attached hydrogens (tertiary/aromatic N) is 5. The third kappa shape index (κ3) is 5.84. The summed E-state index contributed by atoms with van der Waals surface area (Å²) in [5.74, 6) is 0.247. The molecule has 3 rings (SSSR count). The second kappa shape index (κ2) is 10.1. The Balaban J connectivity index is 2.14. The number of aromatic nitrogens is 2. The van der Waals surface area contributed by atoms with E-state index < -0.39 is 4.92 Å². The molecule has 1 heterocycles. The summed E-state index contributed by atoms with van der Waals surface area (Å²) in [7, 11) is 3.63. The molecule has 0 aliphatic carbocycles. The molecular formula is C23H22BrN7O2. The van der Waals surface area contributed by atoms with Gasteiger partial charge >= 0.3 is 5.69 Å². The molecule has 1 aromatic heterocycles. The molecule has 0 saturated carbocycles. The molecule has 0 fully saturated rings. The van der Waals surface area contributed by atoms with Gasteiger partial charge in [0.05, 0.1) is 16.6 Å². The fraction of sp³-hybridized carbons (Fsp3) is 0.174. The normalized spacial score (nSPS) is 10.7. The minimum absolute atomic E-state index is 0.0677. The molecule has 0 unspecified atom stereocenters. The molecule has 0 bridgehead atoms. The van der Waals surface area contributed by atoms with Gasteiger partial charge < -0.3 is 15.5 Å². The van der Waals surface area contributed by atoms with Crippen LogP contribution in [0.1, 0.15) is 22.4 Å². The summed E-state index contributed by atoms with van der Waals surface area (Å²) in [4.78, 5) is 22.1. The Kier molecular flexibility index (Phi) is 7.25. The van der Waals surface area contributed by atoms with Gasteiger partial charge in [-0.1, -0.05) is 15.9 Å². The number of benzene rings is 2. The van der Waals surface area contributed by atoms with E-state index in [2.05, 4.69) is 42.6 Å². The van der Waals surface area contributed by atoms with Crippen LogP contribution in [0, 0.1) is 35.3 Å². The number of rotatable bonds is 7. The number of nitro groups is 1. The molecule has 0 aliphatic heterocycles. The Morgan fingerprint density at radius 3 is 2.30 bits per heavy atom. The van der Waals surface area contributed by atoms with E-state index in [1.54, 1.807) is 41.4 Å². The summed E-state index contributed by atoms with van der Waals surface area (Å²) in [6, 6.07) is 12.7. The fourth-order valence-electron chi connectivity index (χ4n) is 3.11. The van der Waals surface area contributed by atoms with E-state index in [-0.39, 0.29) is 23.1 Å². The molecule has 0 radical (unpaired) electrons. The van der Waals surface area contributed by atoms with Crippen molar-refractivity contribution >= 4 is 50.8 Å². The van der Waals surface area contributed by atoms with Gasteiger partial charge in [-0.05, 0) is 67.4 Å². The number of hydrogen-bond acceptors (Lipinski definition) is 8. The van der Waals surface area contributed by atoms with Crippen molar-refractivity contribution in [3.63, 3.8) is 0 Å². The summed E-state index contributed by atoms with van der Waals surface area (Å²) >= 11 is 3.47. The third-order valence-corrected chi connectivity index (χ3v) is 5.09. The van der Waals surface area contributed by atoms with Gasteiger partial charge in [0.15, 0.2) is 5.69 Å². The molecule has 0 amide bonds. The van der Waals surface area contributed by atoms with Gasteiger partial charge in [-0.3, -0.25) is 10.1 Å². The highest BCUT2D eigenvalue weighted by molar-refractivity contribution is 9.10. The van der Waals surface area contributed by atoms with Crippen LogP contribution in [-0.2, 0) is 0 Å². The lowest BCUT2D eigenvalue weighted by atomic mass is 10.1. The zero-order chi connectivity index (χ0) is 24.1. The van der Waals surface area contributed by atoms with E-state index in [0.717, 1.165) is 21.3 Å². The van der Waals surface area contributed by atoms with E-state index in [9.17, 15) is 10.1 Å². The quantitative estimate of drug-likeness (QED) is 0.310. The second-order valence-corrected chi connectivity index (χ2v) is 8.44. The van der Waals surface area contributed by atoms with Crippen LogP contribution >= 0.6 is 15.9 Å². The van der Waals surface area contributed by atoms with Gasteiger partial charge in [-0.15, -0.1) is 0 Å². The van der Waals surface area contributed by atoms with E-state index in [4.69, 9.17) is 5.26 Å². The smallest absolute Gasteiger partial charge is 0.337 e. The summed E-state index contributed by atoms with van der Waals surface area (Å²) in [6.07, 6.45) is 3.25. The number of anilines is 4. The van der Waals surface area contributed by atoms with Crippen molar-refractivity contribution in [3.8, 4) is 6.07 Å². The molecule has 33 heavy (non-hydrogen) atoms. The predicted molar refractivity (Wildman–Crippen MR) is 133 cm³/mol. The number of halogens is 1. The standard InChI is InChI=1S/C23H22BrN7O2/c1-14-11-17(24)12-15(2)20(14)28-22-21(31(32)33)19(9-10-30(3)4)27-23(29-22)26-18-7-5-16(13-25)6-8-18/h5-12H,1-4H3,(H2,26,27,28,29)/b10-9+. The number of aryl methyl sites for hydroxylation is 2. The van der Waals surface area contributed by atoms with E-state index in [1.807, 2.05) is 40.1 Å². The van der Waals surface area contributed by atoms with Gasteiger partial charge in [0.25, 0.3) is 0 Å². The first-order valence-electron chi connectivity index (χ1n) is 9.90. The monoisotopic (exact) mass is 507 g/mol. The molecule has 2 aromatic carbocycles. The highest BCUT2D eigenvalue weighted by Crippen LogP contribution is 2.34. The fourth-order valence-corrected chi connectivity index (χ4v) is 3.80. The third-order valence-electron chi connectivity index (χ3n) is 4.64. The minimum Gasteiger partial charge on any atom is -0.383 e. The number of nitrogens with one attached hydrogen (secondary N) is 2. The molecule has 9 nitrogen and oxygen atoms in total. The van der Waals surface area contributed by atoms with Crippen LogP contribution in [0.5, 0.6) is 0 Å². The Morgan fingerprint density at radius 1 is 1.12 bits per heavy atom. The maximum atomic E-state index is 12.0. The number of nitriles is 1. The molecule has 0 saturated heterocycles. The zero-order valence-electron chi connectivity index (χ0n) is 18.5. The summed E-state index contributed by atoms with van der Waals surface area (Å²) in [6.45, 7) is 3.83. The lowest BCUT2D eigenvalue weighted by molar-refractivity contribution is -0.384. The van der Waals surface area contributed by atoms with Gasteiger partial charge in [0, 0.05) is 36.1 Å². The average molecular weight is 508 g/mol. The van der Waals surface area contributed by atoms with Gasteiger partial charge in [0.2, 0.25) is 11.8 Å². The van der Waals surface area contributed by atoms with Crippen LogP contribution in [0.4, 0.5) is 28.8 Å². The van der Waals surface area contributed by atoms with Crippen molar-refractivity contribution in [3.05, 3.63) is 79.6 Å². The zero-order valence-corrected chi connectivity index (χ0v) is 20.1. The maximum absolute atomic E-state index is 12.0. The van der Waals surface area contributed by atoms with Crippen LogP contribution in [0.2, 0.25) is 0 Å². The first-order valence-corrected chi connectivity index (χ1v) is 10.7. The maximum Gasteiger partial charge on any atom is 0.337 e. The Bertz CT molecular complexity index is 1240. The van der Waals surface area contributed by atoms with Crippen LogP contribution in [0.3, 0.4) is 0 Å². The first kappa shape index (κ1) is 23.7. The van der Waals surface area contributed by atoms with E-state index >= 15 is 0 Å². The highest BCUT2D eigenvalue weighted by Gasteiger charge is 2.25. The highest BCUT2D eigenvalue weighted by atomic mass is 79.9.